The fourth-order valence-corrected chi connectivity index (χ4v) is 1.58. The third kappa shape index (κ3) is 2.55. The third-order valence-electron chi connectivity index (χ3n) is 1.52. The van der Waals surface area contributed by atoms with Gasteiger partial charge in [0.2, 0.25) is 0 Å². The minimum Gasteiger partial charge on any atom is -0.362 e. The van der Waals surface area contributed by atoms with Crippen molar-refractivity contribution < 1.29 is 26.3 Å². The number of alkyl halides is 3. The third-order valence-corrected chi connectivity index (χ3v) is 2.70. The normalized spacial score (nSPS) is 25.0. The number of halogens is 3. The van der Waals surface area contributed by atoms with E-state index in [2.05, 4.69) is 0 Å². The Morgan fingerprint density at radius 3 is 2.38 bits per heavy atom. The minimum atomic E-state index is -5.26. The molecule has 13 heavy (non-hydrogen) atoms. The minimum absolute atomic E-state index is 0.273. The molecule has 0 spiro atoms. The molecule has 8 heteroatoms. The van der Waals surface area contributed by atoms with Crippen LogP contribution in [0, 0.1) is 0 Å². The van der Waals surface area contributed by atoms with Crippen LogP contribution in [0.15, 0.2) is 0 Å². The fraction of sp³-hybridized carbons (Fsp3) is 1.00. The molecule has 1 fully saturated rings. The van der Waals surface area contributed by atoms with Crippen molar-refractivity contribution in [2.45, 2.75) is 24.6 Å². The van der Waals surface area contributed by atoms with Gasteiger partial charge in [0.1, 0.15) is 6.23 Å². The van der Waals surface area contributed by atoms with Gasteiger partial charge in [-0.05, 0) is 12.8 Å². The van der Waals surface area contributed by atoms with E-state index in [9.17, 15) is 21.6 Å². The Bertz CT molecular complexity index is 267. The van der Waals surface area contributed by atoms with Crippen molar-refractivity contribution in [2.75, 3.05) is 6.61 Å². The summed E-state index contributed by atoms with van der Waals surface area (Å²) in [6, 6.07) is 0. The van der Waals surface area contributed by atoms with E-state index in [1.807, 2.05) is 0 Å². The molecule has 0 aromatic rings. The highest BCUT2D eigenvalue weighted by Crippen LogP contribution is 2.23. The molecule has 0 amide bonds. The van der Waals surface area contributed by atoms with Crippen LogP contribution in [0.25, 0.3) is 0 Å². The summed E-state index contributed by atoms with van der Waals surface area (Å²) in [6.45, 7) is 0.283. The van der Waals surface area contributed by atoms with Gasteiger partial charge in [-0.25, -0.2) is 8.42 Å². The predicted molar refractivity (Wildman–Crippen MR) is 37.1 cm³/mol. The number of nitrogens with one attached hydrogen (secondary N) is 1. The lowest BCUT2D eigenvalue weighted by atomic mass is 10.3. The van der Waals surface area contributed by atoms with E-state index in [-0.39, 0.29) is 13.0 Å². The Labute approximate surface area is 73.1 Å². The summed E-state index contributed by atoms with van der Waals surface area (Å²) >= 11 is 0. The van der Waals surface area contributed by atoms with E-state index >= 15 is 0 Å². The van der Waals surface area contributed by atoms with Gasteiger partial charge in [0.15, 0.2) is 0 Å². The van der Waals surface area contributed by atoms with Crippen LogP contribution >= 0.6 is 0 Å². The number of hydrogen-bond donors (Lipinski definition) is 1. The van der Waals surface area contributed by atoms with E-state index in [1.54, 1.807) is 0 Å². The second-order valence-electron chi connectivity index (χ2n) is 2.57. The Morgan fingerprint density at radius 1 is 1.38 bits per heavy atom. The summed E-state index contributed by atoms with van der Waals surface area (Å²) in [4.78, 5) is 0. The van der Waals surface area contributed by atoms with Gasteiger partial charge >= 0.3 is 15.5 Å². The van der Waals surface area contributed by atoms with E-state index in [0.717, 1.165) is 0 Å². The van der Waals surface area contributed by atoms with Crippen molar-refractivity contribution in [1.82, 2.24) is 4.72 Å². The molecular weight excluding hydrogens is 211 g/mol. The molecule has 1 atom stereocenters. The van der Waals surface area contributed by atoms with Crippen LogP contribution in [0.5, 0.6) is 0 Å². The van der Waals surface area contributed by atoms with Crippen LogP contribution in [0.4, 0.5) is 13.2 Å². The van der Waals surface area contributed by atoms with Crippen LogP contribution in [0.3, 0.4) is 0 Å². The maximum atomic E-state index is 11.8. The zero-order chi connectivity index (χ0) is 10.1. The molecule has 0 aromatic carbocycles. The molecule has 1 rings (SSSR count). The molecule has 0 aliphatic carbocycles. The SMILES string of the molecule is O=S(=O)(N[C@H]1CCCO1)C(F)(F)F. The molecule has 0 unspecified atom stereocenters. The van der Waals surface area contributed by atoms with Crippen molar-refractivity contribution in [1.29, 1.82) is 0 Å². The summed E-state index contributed by atoms with van der Waals surface area (Å²) in [6.07, 6.45) is -0.202. The zero-order valence-electron chi connectivity index (χ0n) is 6.47. The first kappa shape index (κ1) is 10.7. The van der Waals surface area contributed by atoms with Gasteiger partial charge in [0, 0.05) is 6.61 Å². The van der Waals surface area contributed by atoms with Gasteiger partial charge in [-0.3, -0.25) is 0 Å². The lowest BCUT2D eigenvalue weighted by molar-refractivity contribution is -0.0468. The zero-order valence-corrected chi connectivity index (χ0v) is 7.28. The molecule has 1 heterocycles. The van der Waals surface area contributed by atoms with Gasteiger partial charge in [0.25, 0.3) is 0 Å². The Balaban J connectivity index is 2.62. The first-order valence-corrected chi connectivity index (χ1v) is 5.01. The molecule has 1 saturated heterocycles. The molecule has 4 nitrogen and oxygen atoms in total. The van der Waals surface area contributed by atoms with E-state index in [0.29, 0.717) is 6.42 Å². The highest BCUT2D eigenvalue weighted by molar-refractivity contribution is 7.90. The molecule has 78 valence electrons. The van der Waals surface area contributed by atoms with Gasteiger partial charge in [-0.15, -0.1) is 0 Å². The lowest BCUT2D eigenvalue weighted by Crippen LogP contribution is -2.42. The first-order chi connectivity index (χ1) is 5.83. The maximum Gasteiger partial charge on any atom is 0.511 e. The summed E-state index contributed by atoms with van der Waals surface area (Å²) in [5.41, 5.74) is -5.26. The molecule has 0 bridgehead atoms. The van der Waals surface area contributed by atoms with Crippen LogP contribution in [-0.2, 0) is 14.8 Å². The summed E-state index contributed by atoms with van der Waals surface area (Å²) in [5, 5.41) is 0. The summed E-state index contributed by atoms with van der Waals surface area (Å²) in [7, 11) is -5.26. The highest BCUT2D eigenvalue weighted by Gasteiger charge is 2.47. The van der Waals surface area contributed by atoms with Gasteiger partial charge in [-0.2, -0.15) is 17.9 Å². The first-order valence-electron chi connectivity index (χ1n) is 3.53. The quantitative estimate of drug-likeness (QED) is 0.738. The van der Waals surface area contributed by atoms with Crippen LogP contribution in [0.2, 0.25) is 0 Å². The number of ether oxygens (including phenoxy) is 1. The largest absolute Gasteiger partial charge is 0.511 e. The van der Waals surface area contributed by atoms with Crippen molar-refractivity contribution in [2.24, 2.45) is 0 Å². The molecule has 1 aliphatic heterocycles. The van der Waals surface area contributed by atoms with Crippen molar-refractivity contribution >= 4 is 10.0 Å². The van der Waals surface area contributed by atoms with Crippen LogP contribution in [-0.4, -0.2) is 26.8 Å². The number of rotatable bonds is 2. The topological polar surface area (TPSA) is 55.4 Å². The van der Waals surface area contributed by atoms with Crippen LogP contribution in [0.1, 0.15) is 12.8 Å². The summed E-state index contributed by atoms with van der Waals surface area (Å²) < 4.78 is 62.4. The highest BCUT2D eigenvalue weighted by atomic mass is 32.2. The molecule has 1 aliphatic rings. The van der Waals surface area contributed by atoms with Gasteiger partial charge in [-0.1, -0.05) is 0 Å². The Hall–Kier alpha value is -0.340. The maximum absolute atomic E-state index is 11.8. The number of sulfonamides is 1. The molecule has 0 saturated carbocycles. The predicted octanol–water partition coefficient (Wildman–Crippen LogP) is 0.562. The lowest BCUT2D eigenvalue weighted by Gasteiger charge is -2.13. The van der Waals surface area contributed by atoms with E-state index in [4.69, 9.17) is 4.74 Å². The van der Waals surface area contributed by atoms with Gasteiger partial charge < -0.3 is 4.74 Å². The van der Waals surface area contributed by atoms with E-state index in [1.165, 1.54) is 4.72 Å². The van der Waals surface area contributed by atoms with Crippen molar-refractivity contribution in [3.05, 3.63) is 0 Å². The summed E-state index contributed by atoms with van der Waals surface area (Å²) in [5.74, 6) is 0. The second-order valence-corrected chi connectivity index (χ2v) is 4.27. The van der Waals surface area contributed by atoms with Crippen molar-refractivity contribution in [3.63, 3.8) is 0 Å². The molecule has 0 radical (unpaired) electrons. The second kappa shape index (κ2) is 3.43. The molecular formula is C5H8F3NO3S. The monoisotopic (exact) mass is 219 g/mol. The standard InChI is InChI=1S/C5H8F3NO3S/c6-5(7,8)13(10,11)9-4-2-1-3-12-4/h4,9H,1-3H2/t4-/m1/s1. The van der Waals surface area contributed by atoms with Crippen molar-refractivity contribution in [3.8, 4) is 0 Å². The molecule has 1 N–H and O–H groups in total. The van der Waals surface area contributed by atoms with Crippen LogP contribution < -0.4 is 4.72 Å². The Morgan fingerprint density at radius 2 is 2.00 bits per heavy atom. The van der Waals surface area contributed by atoms with E-state index < -0.39 is 21.8 Å². The smallest absolute Gasteiger partial charge is 0.362 e. The van der Waals surface area contributed by atoms with Gasteiger partial charge in [0.05, 0.1) is 0 Å². The Kier molecular flexibility index (Phi) is 2.83. The number of hydrogen-bond acceptors (Lipinski definition) is 3. The fourth-order valence-electron chi connectivity index (χ4n) is 0.910. The average Bonchev–Trinajstić information content (AvgIpc) is 2.35. The molecule has 0 aromatic heterocycles. The average molecular weight is 219 g/mol.